The number of benzene rings is 1. The quantitative estimate of drug-likeness (QED) is 0.895. The summed E-state index contributed by atoms with van der Waals surface area (Å²) in [5.41, 5.74) is 4.97. The minimum atomic E-state index is -0.889. The van der Waals surface area contributed by atoms with E-state index in [1.165, 1.54) is 12.1 Å². The molecule has 5 nitrogen and oxygen atoms in total. The minimum Gasteiger partial charge on any atom is -0.364 e. The van der Waals surface area contributed by atoms with Crippen LogP contribution in [0.3, 0.4) is 0 Å². The molecule has 1 heterocycles. The second-order valence-electron chi connectivity index (χ2n) is 3.87. The molecular weight excluding hydrogens is 268 g/mol. The molecule has 0 spiro atoms. The number of anilines is 1. The molecule has 3 N–H and O–H groups in total. The van der Waals surface area contributed by atoms with Crippen LogP contribution in [-0.4, -0.2) is 16.8 Å². The lowest BCUT2D eigenvalue weighted by atomic mass is 10.2. The first kappa shape index (κ1) is 13.6. The normalized spacial score (nSPS) is 10.1. The van der Waals surface area contributed by atoms with Gasteiger partial charge in [0, 0.05) is 12.3 Å². The van der Waals surface area contributed by atoms with E-state index in [0.29, 0.717) is 6.07 Å². The average Bonchev–Trinajstić information content (AvgIpc) is 2.42. The molecule has 0 unspecified atom stereocenters. The Labute approximate surface area is 112 Å². The number of nitrogens with one attached hydrogen (secondary N) is 1. The molecule has 0 aliphatic carbocycles. The molecule has 0 atom stereocenters. The first-order valence-electron chi connectivity index (χ1n) is 5.49. The molecule has 0 aliphatic rings. The number of nitrogens with zero attached hydrogens (tertiary/aromatic N) is 1. The van der Waals surface area contributed by atoms with Gasteiger partial charge in [-0.25, -0.2) is 8.78 Å². The van der Waals surface area contributed by atoms with Crippen molar-refractivity contribution in [1.29, 1.82) is 0 Å². The van der Waals surface area contributed by atoms with E-state index in [1.54, 1.807) is 0 Å². The van der Waals surface area contributed by atoms with Gasteiger partial charge in [0.15, 0.2) is 0 Å². The smallest absolute Gasteiger partial charge is 0.267 e. The predicted octanol–water partition coefficient (Wildman–Crippen LogP) is 1.71. The summed E-state index contributed by atoms with van der Waals surface area (Å²) in [5, 5.41) is 2.27. The zero-order valence-corrected chi connectivity index (χ0v) is 10.1. The van der Waals surface area contributed by atoms with E-state index in [2.05, 4.69) is 10.3 Å². The summed E-state index contributed by atoms with van der Waals surface area (Å²) in [4.78, 5) is 26.3. The molecule has 7 heteroatoms. The number of hydrogen-bond acceptors (Lipinski definition) is 3. The highest BCUT2D eigenvalue weighted by molar-refractivity contribution is 6.04. The van der Waals surface area contributed by atoms with Gasteiger partial charge in [-0.15, -0.1) is 0 Å². The van der Waals surface area contributed by atoms with Crippen LogP contribution in [0.1, 0.15) is 20.8 Å². The fraction of sp³-hybridized carbons (Fsp3) is 0. The van der Waals surface area contributed by atoms with E-state index in [1.807, 2.05) is 0 Å². The highest BCUT2D eigenvalue weighted by Crippen LogP contribution is 2.16. The number of aromatic nitrogens is 1. The monoisotopic (exact) mass is 277 g/mol. The average molecular weight is 277 g/mol. The van der Waals surface area contributed by atoms with Gasteiger partial charge in [0.2, 0.25) is 0 Å². The number of carbonyl (C=O) groups is 2. The zero-order chi connectivity index (χ0) is 14.7. The highest BCUT2D eigenvalue weighted by Gasteiger charge is 2.11. The van der Waals surface area contributed by atoms with Crippen molar-refractivity contribution in [2.45, 2.75) is 0 Å². The first-order valence-corrected chi connectivity index (χ1v) is 5.49. The van der Waals surface area contributed by atoms with Crippen LogP contribution >= 0.6 is 0 Å². The number of amides is 2. The van der Waals surface area contributed by atoms with E-state index in [0.717, 1.165) is 18.3 Å². The third kappa shape index (κ3) is 2.94. The van der Waals surface area contributed by atoms with E-state index < -0.39 is 23.4 Å². The number of halogens is 2. The SMILES string of the molecule is NC(=O)c1ccc(C(=O)Nc2ccc(F)cc2F)cn1. The van der Waals surface area contributed by atoms with E-state index >= 15 is 0 Å². The first-order chi connectivity index (χ1) is 9.47. The highest BCUT2D eigenvalue weighted by atomic mass is 19.1. The summed E-state index contributed by atoms with van der Waals surface area (Å²) in [5.74, 6) is -2.99. The van der Waals surface area contributed by atoms with Crippen molar-refractivity contribution in [3.63, 3.8) is 0 Å². The summed E-state index contributed by atoms with van der Waals surface area (Å²) in [6.07, 6.45) is 1.14. The van der Waals surface area contributed by atoms with Crippen molar-refractivity contribution in [2.75, 3.05) is 5.32 Å². The van der Waals surface area contributed by atoms with Gasteiger partial charge in [-0.2, -0.15) is 0 Å². The molecule has 0 saturated carbocycles. The zero-order valence-electron chi connectivity index (χ0n) is 10.1. The second-order valence-corrected chi connectivity index (χ2v) is 3.87. The Morgan fingerprint density at radius 3 is 2.45 bits per heavy atom. The summed E-state index contributed by atoms with van der Waals surface area (Å²) in [6.45, 7) is 0. The van der Waals surface area contributed by atoms with Gasteiger partial charge in [0.05, 0.1) is 11.3 Å². The maximum Gasteiger partial charge on any atom is 0.267 e. The predicted molar refractivity (Wildman–Crippen MR) is 67.1 cm³/mol. The molecule has 2 amide bonds. The maximum absolute atomic E-state index is 13.4. The third-order valence-corrected chi connectivity index (χ3v) is 2.46. The molecule has 0 bridgehead atoms. The standard InChI is InChI=1S/C13H9F2N3O2/c14-8-2-4-10(9(15)5-8)18-13(20)7-1-3-11(12(16)19)17-6-7/h1-6H,(H2,16,19)(H,18,20). The Balaban J connectivity index is 2.17. The molecule has 2 aromatic rings. The summed E-state index contributed by atoms with van der Waals surface area (Å²) >= 11 is 0. The molecule has 0 aliphatic heterocycles. The Kier molecular flexibility index (Phi) is 3.69. The van der Waals surface area contributed by atoms with E-state index in [9.17, 15) is 18.4 Å². The molecule has 0 radical (unpaired) electrons. The number of primary amides is 1. The topological polar surface area (TPSA) is 85.1 Å². The van der Waals surface area contributed by atoms with Crippen LogP contribution in [0.25, 0.3) is 0 Å². The summed E-state index contributed by atoms with van der Waals surface area (Å²) in [7, 11) is 0. The largest absolute Gasteiger partial charge is 0.364 e. The van der Waals surface area contributed by atoms with Gasteiger partial charge in [0.25, 0.3) is 11.8 Å². The molecule has 102 valence electrons. The molecule has 20 heavy (non-hydrogen) atoms. The lowest BCUT2D eigenvalue weighted by Crippen LogP contribution is -2.16. The Bertz CT molecular complexity index is 672. The summed E-state index contributed by atoms with van der Waals surface area (Å²) < 4.78 is 26.1. The number of carbonyl (C=O) groups excluding carboxylic acids is 2. The number of rotatable bonds is 3. The third-order valence-electron chi connectivity index (χ3n) is 2.46. The van der Waals surface area contributed by atoms with Crippen LogP contribution in [0.5, 0.6) is 0 Å². The fourth-order valence-corrected chi connectivity index (χ4v) is 1.46. The number of pyridine rings is 1. The fourth-order valence-electron chi connectivity index (χ4n) is 1.46. The minimum absolute atomic E-state index is 0.00881. The van der Waals surface area contributed by atoms with Gasteiger partial charge in [-0.1, -0.05) is 0 Å². The molecule has 1 aromatic heterocycles. The van der Waals surface area contributed by atoms with Crippen molar-refractivity contribution in [3.05, 3.63) is 59.4 Å². The van der Waals surface area contributed by atoms with Gasteiger partial charge >= 0.3 is 0 Å². The van der Waals surface area contributed by atoms with Gasteiger partial charge < -0.3 is 11.1 Å². The molecule has 0 saturated heterocycles. The van der Waals surface area contributed by atoms with Gasteiger partial charge in [-0.05, 0) is 24.3 Å². The number of hydrogen-bond donors (Lipinski definition) is 2. The number of nitrogens with two attached hydrogens (primary N) is 1. The lowest BCUT2D eigenvalue weighted by molar-refractivity contribution is 0.0990. The van der Waals surface area contributed by atoms with Crippen LogP contribution in [0.15, 0.2) is 36.5 Å². The second kappa shape index (κ2) is 5.43. The lowest BCUT2D eigenvalue weighted by Gasteiger charge is -2.06. The van der Waals surface area contributed by atoms with Crippen LogP contribution < -0.4 is 11.1 Å². The van der Waals surface area contributed by atoms with Crippen molar-refractivity contribution in [1.82, 2.24) is 4.98 Å². The Hall–Kier alpha value is -2.83. The maximum atomic E-state index is 13.4. The van der Waals surface area contributed by atoms with Crippen molar-refractivity contribution in [2.24, 2.45) is 5.73 Å². The molecular formula is C13H9F2N3O2. The van der Waals surface area contributed by atoms with Crippen LogP contribution in [-0.2, 0) is 0 Å². The van der Waals surface area contributed by atoms with Crippen LogP contribution in [0.2, 0.25) is 0 Å². The Morgan fingerprint density at radius 1 is 1.15 bits per heavy atom. The Morgan fingerprint density at radius 2 is 1.90 bits per heavy atom. The van der Waals surface area contributed by atoms with Crippen LogP contribution in [0, 0.1) is 11.6 Å². The van der Waals surface area contributed by atoms with Crippen molar-refractivity contribution >= 4 is 17.5 Å². The van der Waals surface area contributed by atoms with Crippen LogP contribution in [0.4, 0.5) is 14.5 Å². The van der Waals surface area contributed by atoms with E-state index in [-0.39, 0.29) is 16.9 Å². The van der Waals surface area contributed by atoms with Gasteiger partial charge in [0.1, 0.15) is 17.3 Å². The van der Waals surface area contributed by atoms with Gasteiger partial charge in [-0.3, -0.25) is 14.6 Å². The summed E-state index contributed by atoms with van der Waals surface area (Å²) in [6, 6.07) is 5.38. The molecule has 2 rings (SSSR count). The van der Waals surface area contributed by atoms with Crippen molar-refractivity contribution < 1.29 is 18.4 Å². The van der Waals surface area contributed by atoms with Crippen molar-refractivity contribution in [3.8, 4) is 0 Å². The molecule has 1 aromatic carbocycles. The van der Waals surface area contributed by atoms with E-state index in [4.69, 9.17) is 5.73 Å². The molecule has 0 fully saturated rings.